The van der Waals surface area contributed by atoms with Crippen molar-refractivity contribution in [3.8, 4) is 10.6 Å². The molecule has 0 unspecified atom stereocenters. The van der Waals surface area contributed by atoms with Crippen molar-refractivity contribution in [1.29, 1.82) is 0 Å². The van der Waals surface area contributed by atoms with Crippen LogP contribution in [0.4, 0.5) is 13.2 Å². The summed E-state index contributed by atoms with van der Waals surface area (Å²) in [5.41, 5.74) is 0.684. The summed E-state index contributed by atoms with van der Waals surface area (Å²) in [7, 11) is 0. The third kappa shape index (κ3) is 4.21. The fraction of sp³-hybridized carbons (Fsp3) is 0.118. The standard InChI is InChI=1S/C17H12F3N3OS/c18-17(19,20)15-4-3-12(10-22-15)16(24)23-9-11-5-6-21-13(8-11)14-2-1-7-25-14/h1-8,10H,9H2,(H,23,24). The number of carbonyl (C=O) groups excluding carboxylic acids is 1. The Kier molecular flexibility index (Phi) is 4.80. The van der Waals surface area contributed by atoms with Crippen LogP contribution in [0.25, 0.3) is 10.6 Å². The predicted molar refractivity (Wildman–Crippen MR) is 88.0 cm³/mol. The molecule has 4 nitrogen and oxygen atoms in total. The SMILES string of the molecule is O=C(NCc1ccnc(-c2cccs2)c1)c1ccc(C(F)(F)F)nc1. The van der Waals surface area contributed by atoms with E-state index in [1.165, 1.54) is 0 Å². The lowest BCUT2D eigenvalue weighted by Gasteiger charge is -2.08. The molecule has 3 aromatic heterocycles. The number of amides is 1. The molecule has 0 saturated carbocycles. The minimum absolute atomic E-state index is 0.0699. The lowest BCUT2D eigenvalue weighted by Crippen LogP contribution is -2.23. The van der Waals surface area contributed by atoms with Crippen LogP contribution < -0.4 is 5.32 Å². The van der Waals surface area contributed by atoms with Crippen molar-refractivity contribution in [2.45, 2.75) is 12.7 Å². The lowest BCUT2D eigenvalue weighted by atomic mass is 10.2. The second kappa shape index (κ2) is 7.02. The fourth-order valence-corrected chi connectivity index (χ4v) is 2.82. The zero-order valence-electron chi connectivity index (χ0n) is 12.7. The molecule has 0 radical (unpaired) electrons. The molecule has 0 bridgehead atoms. The number of aromatic nitrogens is 2. The number of rotatable bonds is 4. The Labute approximate surface area is 145 Å². The minimum atomic E-state index is -4.52. The average Bonchev–Trinajstić information content (AvgIpc) is 3.14. The summed E-state index contributed by atoms with van der Waals surface area (Å²) in [5.74, 6) is -0.490. The summed E-state index contributed by atoms with van der Waals surface area (Å²) in [4.78, 5) is 20.6. The molecule has 25 heavy (non-hydrogen) atoms. The molecule has 0 aromatic carbocycles. The Morgan fingerprint density at radius 3 is 2.64 bits per heavy atom. The Balaban J connectivity index is 1.65. The van der Waals surface area contributed by atoms with E-state index in [1.807, 2.05) is 23.6 Å². The van der Waals surface area contributed by atoms with Gasteiger partial charge in [-0.3, -0.25) is 14.8 Å². The number of carbonyl (C=O) groups is 1. The molecule has 3 rings (SSSR count). The molecule has 8 heteroatoms. The summed E-state index contributed by atoms with van der Waals surface area (Å²) >= 11 is 1.56. The molecule has 1 amide bonds. The van der Waals surface area contributed by atoms with Gasteiger partial charge in [-0.25, -0.2) is 0 Å². The number of hydrogen-bond donors (Lipinski definition) is 1. The van der Waals surface area contributed by atoms with Crippen LogP contribution in [0.5, 0.6) is 0 Å². The molecule has 3 aromatic rings. The molecule has 0 atom stereocenters. The van der Waals surface area contributed by atoms with E-state index in [2.05, 4.69) is 15.3 Å². The van der Waals surface area contributed by atoms with Crippen molar-refractivity contribution in [2.75, 3.05) is 0 Å². The average molecular weight is 363 g/mol. The first-order chi connectivity index (χ1) is 11.9. The van der Waals surface area contributed by atoms with E-state index < -0.39 is 17.8 Å². The van der Waals surface area contributed by atoms with Crippen molar-refractivity contribution >= 4 is 17.2 Å². The molecular weight excluding hydrogens is 351 g/mol. The molecule has 1 N–H and O–H groups in total. The Morgan fingerprint density at radius 2 is 2.00 bits per heavy atom. The molecule has 0 aliphatic heterocycles. The Morgan fingerprint density at radius 1 is 1.16 bits per heavy atom. The molecule has 0 fully saturated rings. The predicted octanol–water partition coefficient (Wildman–Crippen LogP) is 4.15. The summed E-state index contributed by atoms with van der Waals surface area (Å²) in [6, 6.07) is 9.39. The molecule has 3 heterocycles. The first-order valence-electron chi connectivity index (χ1n) is 7.24. The third-order valence-electron chi connectivity index (χ3n) is 3.37. The smallest absolute Gasteiger partial charge is 0.348 e. The summed E-state index contributed by atoms with van der Waals surface area (Å²) in [5, 5.41) is 4.61. The largest absolute Gasteiger partial charge is 0.433 e. The van der Waals surface area contributed by atoms with Crippen LogP contribution >= 0.6 is 11.3 Å². The van der Waals surface area contributed by atoms with Crippen molar-refractivity contribution in [1.82, 2.24) is 15.3 Å². The quantitative estimate of drug-likeness (QED) is 0.757. The van der Waals surface area contributed by atoms with Crippen LogP contribution in [-0.2, 0) is 12.7 Å². The highest BCUT2D eigenvalue weighted by atomic mass is 32.1. The van der Waals surface area contributed by atoms with Crippen LogP contribution in [0.2, 0.25) is 0 Å². The zero-order chi connectivity index (χ0) is 17.9. The van der Waals surface area contributed by atoms with Gasteiger partial charge in [0, 0.05) is 18.9 Å². The normalized spacial score (nSPS) is 11.3. The van der Waals surface area contributed by atoms with Crippen molar-refractivity contribution < 1.29 is 18.0 Å². The Hall–Kier alpha value is -2.74. The Bertz CT molecular complexity index is 862. The highest BCUT2D eigenvalue weighted by Gasteiger charge is 2.32. The van der Waals surface area contributed by atoms with Crippen LogP contribution in [-0.4, -0.2) is 15.9 Å². The number of thiophene rings is 1. The van der Waals surface area contributed by atoms with Crippen molar-refractivity contribution in [3.63, 3.8) is 0 Å². The van der Waals surface area contributed by atoms with Gasteiger partial charge in [-0.15, -0.1) is 11.3 Å². The van der Waals surface area contributed by atoms with Gasteiger partial charge < -0.3 is 5.32 Å². The number of pyridine rings is 2. The van der Waals surface area contributed by atoms with Crippen LogP contribution in [0.15, 0.2) is 54.2 Å². The third-order valence-corrected chi connectivity index (χ3v) is 4.26. The van der Waals surface area contributed by atoms with E-state index in [9.17, 15) is 18.0 Å². The van der Waals surface area contributed by atoms with Crippen molar-refractivity contribution in [2.24, 2.45) is 0 Å². The van der Waals surface area contributed by atoms with E-state index in [1.54, 1.807) is 23.6 Å². The number of alkyl halides is 3. The second-order valence-corrected chi connectivity index (χ2v) is 6.09. The number of nitrogens with one attached hydrogen (secondary N) is 1. The van der Waals surface area contributed by atoms with Crippen LogP contribution in [0.1, 0.15) is 21.6 Å². The maximum atomic E-state index is 12.5. The first kappa shape index (κ1) is 17.1. The second-order valence-electron chi connectivity index (χ2n) is 5.14. The summed E-state index contributed by atoms with van der Waals surface area (Å²) in [6.45, 7) is 0.237. The maximum Gasteiger partial charge on any atom is 0.433 e. The molecule has 0 aliphatic carbocycles. The summed E-state index contributed by atoms with van der Waals surface area (Å²) in [6.07, 6.45) is -1.96. The van der Waals surface area contributed by atoms with E-state index >= 15 is 0 Å². The maximum absolute atomic E-state index is 12.5. The molecule has 0 aliphatic rings. The van der Waals surface area contributed by atoms with Gasteiger partial charge in [0.2, 0.25) is 0 Å². The van der Waals surface area contributed by atoms with Gasteiger partial charge >= 0.3 is 6.18 Å². The minimum Gasteiger partial charge on any atom is -0.348 e. The topological polar surface area (TPSA) is 54.9 Å². The van der Waals surface area contributed by atoms with Gasteiger partial charge in [-0.1, -0.05) is 6.07 Å². The molecular formula is C17H12F3N3OS. The monoisotopic (exact) mass is 363 g/mol. The molecule has 128 valence electrons. The molecule has 0 saturated heterocycles. The zero-order valence-corrected chi connectivity index (χ0v) is 13.6. The van der Waals surface area contributed by atoms with E-state index in [0.29, 0.717) is 0 Å². The summed E-state index contributed by atoms with van der Waals surface area (Å²) < 4.78 is 37.4. The van der Waals surface area contributed by atoms with E-state index in [-0.39, 0.29) is 12.1 Å². The highest BCUT2D eigenvalue weighted by molar-refractivity contribution is 7.13. The van der Waals surface area contributed by atoms with E-state index in [4.69, 9.17) is 0 Å². The number of hydrogen-bond acceptors (Lipinski definition) is 4. The van der Waals surface area contributed by atoms with Gasteiger partial charge in [-0.05, 0) is 41.3 Å². The van der Waals surface area contributed by atoms with Crippen LogP contribution in [0.3, 0.4) is 0 Å². The lowest BCUT2D eigenvalue weighted by molar-refractivity contribution is -0.141. The van der Waals surface area contributed by atoms with Gasteiger partial charge in [0.1, 0.15) is 5.69 Å². The molecule has 0 spiro atoms. The van der Waals surface area contributed by atoms with Gasteiger partial charge in [0.05, 0.1) is 16.1 Å². The van der Waals surface area contributed by atoms with Gasteiger partial charge in [0.15, 0.2) is 0 Å². The fourth-order valence-electron chi connectivity index (χ4n) is 2.12. The van der Waals surface area contributed by atoms with Crippen molar-refractivity contribution in [3.05, 3.63) is 71.0 Å². The van der Waals surface area contributed by atoms with E-state index in [0.717, 1.165) is 34.5 Å². The van der Waals surface area contributed by atoms with Crippen LogP contribution in [0, 0.1) is 0 Å². The number of halogens is 3. The van der Waals surface area contributed by atoms with Gasteiger partial charge in [-0.2, -0.15) is 13.2 Å². The number of nitrogens with zero attached hydrogens (tertiary/aromatic N) is 2. The van der Waals surface area contributed by atoms with Gasteiger partial charge in [0.25, 0.3) is 5.91 Å². The highest BCUT2D eigenvalue weighted by Crippen LogP contribution is 2.27. The first-order valence-corrected chi connectivity index (χ1v) is 8.12.